The number of sulfonamides is 1. The van der Waals surface area contributed by atoms with E-state index in [0.717, 1.165) is 29.0 Å². The van der Waals surface area contributed by atoms with Crippen LogP contribution in [0.25, 0.3) is 0 Å². The minimum absolute atomic E-state index is 0.0376. The Morgan fingerprint density at radius 1 is 1.03 bits per heavy atom. The van der Waals surface area contributed by atoms with Gasteiger partial charge in [-0.25, -0.2) is 8.42 Å². The van der Waals surface area contributed by atoms with Crippen molar-refractivity contribution in [3.63, 3.8) is 0 Å². The quantitative estimate of drug-likeness (QED) is 0.318. The van der Waals surface area contributed by atoms with Crippen LogP contribution in [-0.4, -0.2) is 50.5 Å². The Balaban J connectivity index is 2.49. The lowest BCUT2D eigenvalue weighted by Gasteiger charge is -2.33. The van der Waals surface area contributed by atoms with Crippen LogP contribution in [0.3, 0.4) is 0 Å². The summed E-state index contributed by atoms with van der Waals surface area (Å²) in [4.78, 5) is 28.4. The first-order chi connectivity index (χ1) is 17.4. The lowest BCUT2D eigenvalue weighted by Crippen LogP contribution is -2.52. The van der Waals surface area contributed by atoms with Gasteiger partial charge in [0.25, 0.3) is 0 Å². The van der Waals surface area contributed by atoms with Crippen molar-refractivity contribution in [2.45, 2.75) is 65.5 Å². The zero-order valence-electron chi connectivity index (χ0n) is 22.1. The Hall–Kier alpha value is -2.29. The Kier molecular flexibility index (Phi) is 11.7. The Labute approximate surface area is 231 Å². The van der Waals surface area contributed by atoms with E-state index in [4.69, 9.17) is 23.2 Å². The molecule has 204 valence electrons. The van der Waals surface area contributed by atoms with E-state index in [-0.39, 0.29) is 18.4 Å². The smallest absolute Gasteiger partial charge is 0.244 e. The molecule has 0 bridgehead atoms. The molecule has 0 spiro atoms. The van der Waals surface area contributed by atoms with Crippen molar-refractivity contribution in [2.75, 3.05) is 23.7 Å². The molecule has 0 aromatic heterocycles. The number of carbonyl (C=O) groups is 2. The summed E-state index contributed by atoms with van der Waals surface area (Å²) < 4.78 is 26.9. The summed E-state index contributed by atoms with van der Waals surface area (Å²) in [5.41, 5.74) is 1.93. The van der Waals surface area contributed by atoms with Crippen LogP contribution in [0.1, 0.15) is 64.0 Å². The van der Waals surface area contributed by atoms with E-state index in [9.17, 15) is 18.0 Å². The van der Waals surface area contributed by atoms with Crippen LogP contribution in [0.2, 0.25) is 10.0 Å². The summed E-state index contributed by atoms with van der Waals surface area (Å²) in [5, 5.41) is 3.61. The summed E-state index contributed by atoms with van der Waals surface area (Å²) in [6.45, 7) is 7.90. The van der Waals surface area contributed by atoms with Gasteiger partial charge in [-0.15, -0.1) is 0 Å². The maximum Gasteiger partial charge on any atom is 0.244 e. The van der Waals surface area contributed by atoms with Gasteiger partial charge in [-0.2, -0.15) is 0 Å². The van der Waals surface area contributed by atoms with Gasteiger partial charge in [0.2, 0.25) is 21.8 Å². The maximum absolute atomic E-state index is 13.8. The zero-order valence-corrected chi connectivity index (χ0v) is 24.5. The number of rotatable bonds is 13. The summed E-state index contributed by atoms with van der Waals surface area (Å²) in [7, 11) is -3.81. The molecule has 7 nitrogen and oxygen atoms in total. The van der Waals surface area contributed by atoms with Gasteiger partial charge in [0.15, 0.2) is 0 Å². The Morgan fingerprint density at radius 2 is 1.70 bits per heavy atom. The third kappa shape index (κ3) is 8.62. The van der Waals surface area contributed by atoms with Crippen LogP contribution in [0.15, 0.2) is 42.5 Å². The van der Waals surface area contributed by atoms with Crippen molar-refractivity contribution in [1.82, 2.24) is 10.2 Å². The average molecular weight is 571 g/mol. The second kappa shape index (κ2) is 14.0. The van der Waals surface area contributed by atoms with Crippen LogP contribution in [0, 0.1) is 0 Å². The molecule has 0 fully saturated rings. The van der Waals surface area contributed by atoms with Gasteiger partial charge in [-0.1, -0.05) is 81.6 Å². The largest absolute Gasteiger partial charge is 0.354 e. The van der Waals surface area contributed by atoms with Crippen molar-refractivity contribution < 1.29 is 18.0 Å². The molecule has 0 radical (unpaired) electrons. The van der Waals surface area contributed by atoms with Gasteiger partial charge >= 0.3 is 0 Å². The number of benzene rings is 2. The van der Waals surface area contributed by atoms with E-state index in [1.165, 1.54) is 4.90 Å². The molecular formula is C27H37Cl2N3O4S. The number of para-hydroxylation sites is 1. The number of anilines is 1. The molecule has 10 heteroatoms. The summed E-state index contributed by atoms with van der Waals surface area (Å²) in [5.74, 6) is -0.735. The molecule has 2 aromatic rings. The van der Waals surface area contributed by atoms with Gasteiger partial charge in [0.1, 0.15) is 12.6 Å². The van der Waals surface area contributed by atoms with E-state index in [2.05, 4.69) is 5.32 Å². The van der Waals surface area contributed by atoms with Crippen LogP contribution in [0.4, 0.5) is 5.69 Å². The predicted molar refractivity (Wildman–Crippen MR) is 152 cm³/mol. The molecule has 0 aliphatic rings. The van der Waals surface area contributed by atoms with Crippen LogP contribution >= 0.6 is 23.2 Å². The molecule has 1 unspecified atom stereocenters. The van der Waals surface area contributed by atoms with E-state index >= 15 is 0 Å². The fourth-order valence-corrected chi connectivity index (χ4v) is 5.25. The monoisotopic (exact) mass is 569 g/mol. The van der Waals surface area contributed by atoms with Crippen LogP contribution in [-0.2, 0) is 26.2 Å². The molecule has 37 heavy (non-hydrogen) atoms. The number of nitrogens with zero attached hydrogens (tertiary/aromatic N) is 2. The molecule has 2 aromatic carbocycles. The first kappa shape index (κ1) is 30.9. The normalized spacial score (nSPS) is 12.3. The number of unbranched alkanes of at least 4 members (excludes halogenated alkanes) is 1. The SMILES string of the molecule is CCCCNC(=O)C(CC)N(Cc1ccc(Cl)c(Cl)c1)C(=O)CN(c1ccccc1C(C)C)S(C)(=O)=O. The van der Waals surface area contributed by atoms with Crippen LogP contribution in [0.5, 0.6) is 0 Å². The van der Waals surface area contributed by atoms with E-state index < -0.39 is 28.5 Å². The second-order valence-corrected chi connectivity index (χ2v) is 12.0. The molecular weight excluding hydrogens is 533 g/mol. The highest BCUT2D eigenvalue weighted by molar-refractivity contribution is 7.92. The van der Waals surface area contributed by atoms with Crippen molar-refractivity contribution in [1.29, 1.82) is 0 Å². The fourth-order valence-electron chi connectivity index (χ4n) is 4.06. The first-order valence-corrected chi connectivity index (χ1v) is 15.1. The fraction of sp³-hybridized carbons (Fsp3) is 0.481. The van der Waals surface area contributed by atoms with Crippen LogP contribution < -0.4 is 9.62 Å². The minimum atomic E-state index is -3.81. The molecule has 2 amide bonds. The number of hydrogen-bond donors (Lipinski definition) is 1. The summed E-state index contributed by atoms with van der Waals surface area (Å²) >= 11 is 12.3. The highest BCUT2D eigenvalue weighted by atomic mass is 35.5. The average Bonchev–Trinajstić information content (AvgIpc) is 2.83. The van der Waals surface area contributed by atoms with E-state index in [0.29, 0.717) is 34.3 Å². The van der Waals surface area contributed by atoms with Gasteiger partial charge in [0.05, 0.1) is 22.0 Å². The number of halogens is 2. The first-order valence-electron chi connectivity index (χ1n) is 12.5. The molecule has 0 saturated heterocycles. The molecule has 0 aliphatic carbocycles. The lowest BCUT2D eigenvalue weighted by atomic mass is 10.0. The number of hydrogen-bond acceptors (Lipinski definition) is 4. The standard InChI is InChI=1S/C27H37Cl2N3O4S/c1-6-8-15-30-27(34)24(7-2)31(17-20-13-14-22(28)23(29)16-20)26(33)18-32(37(5,35)36)25-12-10-9-11-21(25)19(3)4/h9-14,16,19,24H,6-8,15,17-18H2,1-5H3,(H,30,34). The predicted octanol–water partition coefficient (Wildman–Crippen LogP) is 5.61. The lowest BCUT2D eigenvalue weighted by molar-refractivity contribution is -0.140. The topological polar surface area (TPSA) is 86.8 Å². The second-order valence-electron chi connectivity index (χ2n) is 9.32. The van der Waals surface area contributed by atoms with Gasteiger partial charge in [-0.3, -0.25) is 13.9 Å². The number of nitrogens with one attached hydrogen (secondary N) is 1. The van der Waals surface area contributed by atoms with Gasteiger partial charge in [0, 0.05) is 13.1 Å². The molecule has 0 aliphatic heterocycles. The third-order valence-electron chi connectivity index (χ3n) is 6.06. The maximum atomic E-state index is 13.8. The molecule has 0 heterocycles. The number of amides is 2. The molecule has 0 saturated carbocycles. The van der Waals surface area contributed by atoms with Crippen molar-refractivity contribution in [2.24, 2.45) is 0 Å². The molecule has 1 N–H and O–H groups in total. The molecule has 1 atom stereocenters. The Morgan fingerprint density at radius 3 is 2.27 bits per heavy atom. The van der Waals surface area contributed by atoms with Gasteiger partial charge in [-0.05, 0) is 48.1 Å². The summed E-state index contributed by atoms with van der Waals surface area (Å²) in [6.07, 6.45) is 3.17. The van der Waals surface area contributed by atoms with E-state index in [1.807, 2.05) is 39.8 Å². The Bertz CT molecular complexity index is 1190. The van der Waals surface area contributed by atoms with E-state index in [1.54, 1.807) is 30.3 Å². The van der Waals surface area contributed by atoms with Crippen molar-refractivity contribution >= 4 is 50.7 Å². The van der Waals surface area contributed by atoms with Crippen molar-refractivity contribution in [3.8, 4) is 0 Å². The minimum Gasteiger partial charge on any atom is -0.354 e. The zero-order chi connectivity index (χ0) is 27.8. The van der Waals surface area contributed by atoms with Crippen molar-refractivity contribution in [3.05, 3.63) is 63.6 Å². The highest BCUT2D eigenvalue weighted by Crippen LogP contribution is 2.30. The summed E-state index contributed by atoms with van der Waals surface area (Å²) in [6, 6.07) is 11.4. The third-order valence-corrected chi connectivity index (χ3v) is 7.92. The number of carbonyl (C=O) groups excluding carboxylic acids is 2. The molecule has 2 rings (SSSR count). The highest BCUT2D eigenvalue weighted by Gasteiger charge is 2.32. The van der Waals surface area contributed by atoms with Gasteiger partial charge < -0.3 is 10.2 Å².